The SMILES string of the molecule is CC[C@H](C)[C@H](NC(=O)OCc1ccccc1)C(=O)Nc1cc(OC)cc(OC)c1. The molecule has 2 rings (SSSR count). The van der Waals surface area contributed by atoms with Crippen LogP contribution in [0.4, 0.5) is 10.5 Å². The molecule has 7 nitrogen and oxygen atoms in total. The minimum absolute atomic E-state index is 0.0909. The second-order valence-electron chi connectivity index (χ2n) is 6.66. The van der Waals surface area contributed by atoms with Crippen LogP contribution in [0.25, 0.3) is 0 Å². The number of carbonyl (C=O) groups excluding carboxylic acids is 2. The summed E-state index contributed by atoms with van der Waals surface area (Å²) in [6, 6.07) is 13.7. The van der Waals surface area contributed by atoms with Crippen LogP contribution in [-0.4, -0.2) is 32.3 Å². The molecule has 7 heteroatoms. The smallest absolute Gasteiger partial charge is 0.408 e. The van der Waals surface area contributed by atoms with Gasteiger partial charge in [0.15, 0.2) is 0 Å². The number of ether oxygens (including phenoxy) is 3. The first-order valence-electron chi connectivity index (χ1n) is 9.48. The van der Waals surface area contributed by atoms with Crippen molar-refractivity contribution >= 4 is 17.7 Å². The molecule has 2 atom stereocenters. The van der Waals surface area contributed by atoms with Gasteiger partial charge in [-0.15, -0.1) is 0 Å². The average Bonchev–Trinajstić information content (AvgIpc) is 2.75. The highest BCUT2D eigenvalue weighted by Gasteiger charge is 2.27. The van der Waals surface area contributed by atoms with Crippen molar-refractivity contribution in [3.8, 4) is 11.5 Å². The first-order valence-corrected chi connectivity index (χ1v) is 9.48. The van der Waals surface area contributed by atoms with Crippen molar-refractivity contribution in [1.29, 1.82) is 0 Å². The van der Waals surface area contributed by atoms with E-state index in [9.17, 15) is 9.59 Å². The van der Waals surface area contributed by atoms with E-state index in [1.54, 1.807) is 18.2 Å². The number of rotatable bonds is 9. The Labute approximate surface area is 171 Å². The zero-order valence-electron chi connectivity index (χ0n) is 17.2. The van der Waals surface area contributed by atoms with Gasteiger partial charge in [0.05, 0.1) is 14.2 Å². The van der Waals surface area contributed by atoms with E-state index < -0.39 is 12.1 Å². The molecule has 156 valence electrons. The van der Waals surface area contributed by atoms with Crippen LogP contribution >= 0.6 is 0 Å². The van der Waals surface area contributed by atoms with Gasteiger partial charge in [-0.25, -0.2) is 4.79 Å². The standard InChI is InChI=1S/C22H28N2O5/c1-5-15(2)20(24-22(26)29-14-16-9-7-6-8-10-16)21(25)23-17-11-18(27-3)13-19(12-17)28-4/h6-13,15,20H,5,14H2,1-4H3,(H,23,25)(H,24,26)/t15-,20-/m0/s1. The van der Waals surface area contributed by atoms with Gasteiger partial charge in [0.25, 0.3) is 0 Å². The Morgan fingerprint density at radius 1 is 1.00 bits per heavy atom. The molecule has 0 spiro atoms. The Morgan fingerprint density at radius 2 is 1.62 bits per heavy atom. The van der Waals surface area contributed by atoms with Gasteiger partial charge in [0, 0.05) is 23.9 Å². The summed E-state index contributed by atoms with van der Waals surface area (Å²) in [7, 11) is 3.07. The molecule has 0 aromatic heterocycles. The number of carbonyl (C=O) groups is 2. The van der Waals surface area contributed by atoms with Gasteiger partial charge < -0.3 is 24.8 Å². The largest absolute Gasteiger partial charge is 0.497 e. The summed E-state index contributed by atoms with van der Waals surface area (Å²) in [5.74, 6) is 0.669. The molecule has 0 heterocycles. The predicted octanol–water partition coefficient (Wildman–Crippen LogP) is 3.98. The summed E-state index contributed by atoms with van der Waals surface area (Å²) in [5, 5.41) is 5.50. The summed E-state index contributed by atoms with van der Waals surface area (Å²) >= 11 is 0. The van der Waals surface area contributed by atoms with Gasteiger partial charge >= 0.3 is 6.09 Å². The molecular weight excluding hydrogens is 372 g/mol. The average molecular weight is 400 g/mol. The van der Waals surface area contributed by atoms with Crippen LogP contribution in [0.3, 0.4) is 0 Å². The quantitative estimate of drug-likeness (QED) is 0.665. The topological polar surface area (TPSA) is 85.9 Å². The number of benzene rings is 2. The van der Waals surface area contributed by atoms with Crippen molar-refractivity contribution < 1.29 is 23.8 Å². The molecule has 0 aliphatic rings. The molecule has 2 aromatic carbocycles. The highest BCUT2D eigenvalue weighted by molar-refractivity contribution is 5.97. The van der Waals surface area contributed by atoms with Crippen LogP contribution in [0.2, 0.25) is 0 Å². The van der Waals surface area contributed by atoms with Crippen LogP contribution in [0, 0.1) is 5.92 Å². The number of amides is 2. The Kier molecular flexibility index (Phi) is 8.33. The Balaban J connectivity index is 2.05. The van der Waals surface area contributed by atoms with Gasteiger partial charge in [0.2, 0.25) is 5.91 Å². The van der Waals surface area contributed by atoms with Gasteiger partial charge in [-0.3, -0.25) is 4.79 Å². The number of anilines is 1. The van der Waals surface area contributed by atoms with E-state index >= 15 is 0 Å². The molecule has 29 heavy (non-hydrogen) atoms. The zero-order valence-corrected chi connectivity index (χ0v) is 17.2. The number of methoxy groups -OCH3 is 2. The van der Waals surface area contributed by atoms with Crippen LogP contribution in [-0.2, 0) is 16.1 Å². The molecule has 2 amide bonds. The summed E-state index contributed by atoms with van der Waals surface area (Å²) < 4.78 is 15.7. The Bertz CT molecular complexity index is 788. The number of hydrogen-bond donors (Lipinski definition) is 2. The fraction of sp³-hybridized carbons (Fsp3) is 0.364. The molecule has 0 aliphatic carbocycles. The lowest BCUT2D eigenvalue weighted by molar-refractivity contribution is -0.119. The van der Waals surface area contributed by atoms with Gasteiger partial charge in [-0.2, -0.15) is 0 Å². The van der Waals surface area contributed by atoms with E-state index in [1.165, 1.54) is 14.2 Å². The molecule has 0 aliphatic heterocycles. The highest BCUT2D eigenvalue weighted by Crippen LogP contribution is 2.26. The summed E-state index contributed by atoms with van der Waals surface area (Å²) in [6.07, 6.45) is 0.0656. The normalized spacial score (nSPS) is 12.4. The lowest BCUT2D eigenvalue weighted by atomic mass is 9.98. The van der Waals surface area contributed by atoms with Crippen LogP contribution < -0.4 is 20.1 Å². The second kappa shape index (κ2) is 10.9. The Hall–Kier alpha value is -3.22. The molecule has 0 saturated carbocycles. The minimum atomic E-state index is -0.750. The monoisotopic (exact) mass is 400 g/mol. The molecule has 2 N–H and O–H groups in total. The van der Waals surface area contributed by atoms with Crippen molar-refractivity contribution in [3.63, 3.8) is 0 Å². The second-order valence-corrected chi connectivity index (χ2v) is 6.66. The van der Waals surface area contributed by atoms with Crippen molar-refractivity contribution in [2.24, 2.45) is 5.92 Å². The fourth-order valence-electron chi connectivity index (χ4n) is 2.69. The van der Waals surface area contributed by atoms with Gasteiger partial charge in [-0.05, 0) is 11.5 Å². The highest BCUT2D eigenvalue weighted by atomic mass is 16.5. The van der Waals surface area contributed by atoms with Gasteiger partial charge in [-0.1, -0.05) is 50.6 Å². The van der Waals surface area contributed by atoms with E-state index in [0.717, 1.165) is 5.56 Å². The lowest BCUT2D eigenvalue weighted by Gasteiger charge is -2.23. The summed E-state index contributed by atoms with van der Waals surface area (Å²) in [6.45, 7) is 3.99. The summed E-state index contributed by atoms with van der Waals surface area (Å²) in [5.41, 5.74) is 1.38. The third-order valence-corrected chi connectivity index (χ3v) is 4.60. The number of alkyl carbamates (subject to hydrolysis) is 1. The number of hydrogen-bond acceptors (Lipinski definition) is 5. The minimum Gasteiger partial charge on any atom is -0.497 e. The molecule has 0 fully saturated rings. The molecule has 0 radical (unpaired) electrons. The molecule has 0 unspecified atom stereocenters. The lowest BCUT2D eigenvalue weighted by Crippen LogP contribution is -2.47. The fourth-order valence-corrected chi connectivity index (χ4v) is 2.69. The van der Waals surface area contributed by atoms with E-state index in [0.29, 0.717) is 23.6 Å². The van der Waals surface area contributed by atoms with E-state index in [1.807, 2.05) is 44.2 Å². The number of nitrogens with one attached hydrogen (secondary N) is 2. The van der Waals surface area contributed by atoms with E-state index in [-0.39, 0.29) is 18.4 Å². The van der Waals surface area contributed by atoms with Crippen LogP contribution in [0.15, 0.2) is 48.5 Å². The maximum atomic E-state index is 12.9. The molecule has 0 saturated heterocycles. The van der Waals surface area contributed by atoms with Gasteiger partial charge in [0.1, 0.15) is 24.1 Å². The maximum Gasteiger partial charge on any atom is 0.408 e. The van der Waals surface area contributed by atoms with Crippen molar-refractivity contribution in [2.45, 2.75) is 32.9 Å². The first kappa shape index (κ1) is 22.1. The van der Waals surface area contributed by atoms with Crippen molar-refractivity contribution in [1.82, 2.24) is 5.32 Å². The van der Waals surface area contributed by atoms with Crippen molar-refractivity contribution in [3.05, 3.63) is 54.1 Å². The van der Waals surface area contributed by atoms with E-state index in [4.69, 9.17) is 14.2 Å². The molecule has 0 bridgehead atoms. The Morgan fingerprint density at radius 3 is 2.17 bits per heavy atom. The molecular formula is C22H28N2O5. The predicted molar refractivity (Wildman–Crippen MR) is 111 cm³/mol. The third-order valence-electron chi connectivity index (χ3n) is 4.60. The van der Waals surface area contributed by atoms with E-state index in [2.05, 4.69) is 10.6 Å². The van der Waals surface area contributed by atoms with Crippen molar-refractivity contribution in [2.75, 3.05) is 19.5 Å². The first-order chi connectivity index (χ1) is 14.0. The molecule has 2 aromatic rings. The van der Waals surface area contributed by atoms with Crippen LogP contribution in [0.1, 0.15) is 25.8 Å². The summed E-state index contributed by atoms with van der Waals surface area (Å²) in [4.78, 5) is 25.1. The van der Waals surface area contributed by atoms with Crippen LogP contribution in [0.5, 0.6) is 11.5 Å². The maximum absolute atomic E-state index is 12.9. The third kappa shape index (κ3) is 6.71. The zero-order chi connectivity index (χ0) is 21.2.